The first kappa shape index (κ1) is 21.3. The molecule has 1 aromatic rings. The zero-order valence-corrected chi connectivity index (χ0v) is 15.6. The van der Waals surface area contributed by atoms with Gasteiger partial charge in [0.25, 0.3) is 0 Å². The van der Waals surface area contributed by atoms with Crippen LogP contribution in [0.15, 0.2) is 24.3 Å². The van der Waals surface area contributed by atoms with E-state index in [1.807, 2.05) is 11.8 Å². The minimum atomic E-state index is -0.489. The monoisotopic (exact) mass is 368 g/mol. The zero-order valence-electron chi connectivity index (χ0n) is 14.8. The van der Waals surface area contributed by atoms with Gasteiger partial charge in [0.1, 0.15) is 0 Å². The van der Waals surface area contributed by atoms with E-state index in [-0.39, 0.29) is 24.3 Å². The van der Waals surface area contributed by atoms with Crippen molar-refractivity contribution in [3.63, 3.8) is 0 Å². The number of hydrogen-bond donors (Lipinski definition) is 3. The Morgan fingerprint density at radius 1 is 1.04 bits per heavy atom. The van der Waals surface area contributed by atoms with Crippen LogP contribution in [0.4, 0.5) is 16.2 Å². The van der Waals surface area contributed by atoms with Gasteiger partial charge in [-0.1, -0.05) is 26.2 Å². The molecule has 0 bridgehead atoms. The molecule has 1 aromatic carbocycles. The van der Waals surface area contributed by atoms with Crippen LogP contribution in [0, 0.1) is 0 Å². The van der Waals surface area contributed by atoms with E-state index in [4.69, 9.17) is 5.73 Å². The number of nitrogens with zero attached hydrogens (tertiary/aromatic N) is 1. The van der Waals surface area contributed by atoms with Crippen molar-refractivity contribution >= 4 is 35.7 Å². The quantitative estimate of drug-likeness (QED) is 0.742. The molecule has 1 atom stereocenters. The Balaban J connectivity index is 0.00000312. The smallest absolute Gasteiger partial charge is 0.321 e. The third kappa shape index (κ3) is 6.92. The molecule has 140 valence electrons. The lowest BCUT2D eigenvalue weighted by molar-refractivity contribution is -0.117. The van der Waals surface area contributed by atoms with Crippen molar-refractivity contribution in [1.29, 1.82) is 0 Å². The van der Waals surface area contributed by atoms with Gasteiger partial charge in [0, 0.05) is 24.5 Å². The number of benzene rings is 1. The maximum Gasteiger partial charge on any atom is 0.321 e. The van der Waals surface area contributed by atoms with E-state index in [0.717, 1.165) is 38.0 Å². The van der Waals surface area contributed by atoms with E-state index in [2.05, 4.69) is 10.6 Å². The predicted octanol–water partition coefficient (Wildman–Crippen LogP) is 3.58. The fourth-order valence-electron chi connectivity index (χ4n) is 2.79. The topological polar surface area (TPSA) is 87.5 Å². The van der Waals surface area contributed by atoms with Gasteiger partial charge >= 0.3 is 6.03 Å². The van der Waals surface area contributed by atoms with Crippen molar-refractivity contribution in [3.8, 4) is 0 Å². The average Bonchev–Trinajstić information content (AvgIpc) is 2.86. The molecule has 1 aliphatic heterocycles. The molecule has 1 fully saturated rings. The van der Waals surface area contributed by atoms with Crippen LogP contribution in [0.2, 0.25) is 0 Å². The van der Waals surface area contributed by atoms with E-state index >= 15 is 0 Å². The molecule has 0 saturated carbocycles. The van der Waals surface area contributed by atoms with E-state index < -0.39 is 6.04 Å². The lowest BCUT2D eigenvalue weighted by Crippen LogP contribution is -2.35. The molecular weight excluding hydrogens is 340 g/mol. The normalized spacial score (nSPS) is 15.5. The summed E-state index contributed by atoms with van der Waals surface area (Å²) in [6.45, 7) is 3.62. The number of halogens is 1. The van der Waals surface area contributed by atoms with Gasteiger partial charge in [-0.15, -0.1) is 12.4 Å². The number of likely N-dealkylation sites (tertiary alicyclic amines) is 1. The number of urea groups is 1. The minimum absolute atomic E-state index is 0. The molecule has 0 radical (unpaired) electrons. The average molecular weight is 369 g/mol. The third-order valence-electron chi connectivity index (χ3n) is 4.23. The number of hydrogen-bond acceptors (Lipinski definition) is 3. The third-order valence-corrected chi connectivity index (χ3v) is 4.23. The predicted molar refractivity (Wildman–Crippen MR) is 104 cm³/mol. The SMILES string of the molecule is CCCC(N)C(=O)Nc1ccc(NC(=O)N2CCCCCC2)cc1.Cl. The Morgan fingerprint density at radius 3 is 2.08 bits per heavy atom. The van der Waals surface area contributed by atoms with Crippen LogP contribution >= 0.6 is 12.4 Å². The van der Waals surface area contributed by atoms with Crippen LogP contribution in [0.1, 0.15) is 45.4 Å². The van der Waals surface area contributed by atoms with Gasteiger partial charge in [-0.3, -0.25) is 4.79 Å². The van der Waals surface area contributed by atoms with Crippen molar-refractivity contribution in [2.75, 3.05) is 23.7 Å². The van der Waals surface area contributed by atoms with Crippen molar-refractivity contribution < 1.29 is 9.59 Å². The summed E-state index contributed by atoms with van der Waals surface area (Å²) < 4.78 is 0. The Bertz CT molecular complexity index is 543. The van der Waals surface area contributed by atoms with E-state index in [1.54, 1.807) is 24.3 Å². The highest BCUT2D eigenvalue weighted by molar-refractivity contribution is 5.95. The van der Waals surface area contributed by atoms with Gasteiger partial charge in [0.15, 0.2) is 0 Å². The first-order valence-electron chi connectivity index (χ1n) is 8.82. The van der Waals surface area contributed by atoms with Crippen molar-refractivity contribution in [3.05, 3.63) is 24.3 Å². The van der Waals surface area contributed by atoms with Crippen molar-refractivity contribution in [2.45, 2.75) is 51.5 Å². The highest BCUT2D eigenvalue weighted by Crippen LogP contribution is 2.16. The molecule has 1 heterocycles. The molecule has 0 aliphatic carbocycles. The molecule has 0 aromatic heterocycles. The maximum atomic E-state index is 12.3. The summed E-state index contributed by atoms with van der Waals surface area (Å²) in [5, 5.41) is 5.70. The van der Waals surface area contributed by atoms with Gasteiger partial charge in [0.2, 0.25) is 5.91 Å². The Morgan fingerprint density at radius 2 is 1.56 bits per heavy atom. The lowest BCUT2D eigenvalue weighted by Gasteiger charge is -2.20. The number of anilines is 2. The van der Waals surface area contributed by atoms with Gasteiger partial charge in [-0.2, -0.15) is 0 Å². The van der Waals surface area contributed by atoms with Gasteiger partial charge in [0.05, 0.1) is 6.04 Å². The summed E-state index contributed by atoms with van der Waals surface area (Å²) >= 11 is 0. The van der Waals surface area contributed by atoms with Gasteiger partial charge in [-0.25, -0.2) is 4.79 Å². The summed E-state index contributed by atoms with van der Waals surface area (Å²) in [6, 6.07) is 6.58. The molecule has 0 spiro atoms. The molecule has 6 nitrogen and oxygen atoms in total. The first-order chi connectivity index (χ1) is 11.6. The van der Waals surface area contributed by atoms with E-state index in [9.17, 15) is 9.59 Å². The number of amides is 3. The molecule has 1 unspecified atom stereocenters. The lowest BCUT2D eigenvalue weighted by atomic mass is 10.1. The van der Waals surface area contributed by atoms with Crippen LogP contribution in [0.25, 0.3) is 0 Å². The fraction of sp³-hybridized carbons (Fsp3) is 0.556. The van der Waals surface area contributed by atoms with Crippen molar-refractivity contribution in [2.24, 2.45) is 5.73 Å². The van der Waals surface area contributed by atoms with Crippen LogP contribution in [-0.4, -0.2) is 36.0 Å². The molecular formula is C18H29ClN4O2. The maximum absolute atomic E-state index is 12.3. The zero-order chi connectivity index (χ0) is 17.4. The van der Waals surface area contributed by atoms with Gasteiger partial charge in [-0.05, 0) is 43.5 Å². The summed E-state index contributed by atoms with van der Waals surface area (Å²) in [7, 11) is 0. The number of carbonyl (C=O) groups excluding carboxylic acids is 2. The van der Waals surface area contributed by atoms with Crippen LogP contribution in [0.3, 0.4) is 0 Å². The second-order valence-corrected chi connectivity index (χ2v) is 6.29. The highest BCUT2D eigenvalue weighted by Gasteiger charge is 2.16. The number of carbonyl (C=O) groups is 2. The molecule has 1 aliphatic rings. The highest BCUT2D eigenvalue weighted by atomic mass is 35.5. The Labute approximate surface area is 155 Å². The standard InChI is InChI=1S/C18H28N4O2.ClH/c1-2-7-16(19)17(23)20-14-8-10-15(11-9-14)21-18(24)22-12-5-3-4-6-13-22;/h8-11,16H,2-7,12-13,19H2,1H3,(H,20,23)(H,21,24);1H. The molecule has 25 heavy (non-hydrogen) atoms. The number of nitrogens with one attached hydrogen (secondary N) is 2. The van der Waals surface area contributed by atoms with Crippen LogP contribution < -0.4 is 16.4 Å². The molecule has 2 rings (SSSR count). The number of nitrogens with two attached hydrogens (primary N) is 1. The Kier molecular flexibility index (Phi) is 9.31. The van der Waals surface area contributed by atoms with E-state index in [1.165, 1.54) is 12.8 Å². The molecule has 3 amide bonds. The largest absolute Gasteiger partial charge is 0.325 e. The first-order valence-corrected chi connectivity index (χ1v) is 8.82. The second-order valence-electron chi connectivity index (χ2n) is 6.29. The fourth-order valence-corrected chi connectivity index (χ4v) is 2.79. The summed E-state index contributed by atoms with van der Waals surface area (Å²) in [5.41, 5.74) is 7.19. The van der Waals surface area contributed by atoms with Crippen molar-refractivity contribution in [1.82, 2.24) is 4.90 Å². The van der Waals surface area contributed by atoms with Crippen LogP contribution in [-0.2, 0) is 4.79 Å². The summed E-state index contributed by atoms with van der Waals surface area (Å²) in [4.78, 5) is 26.0. The van der Waals surface area contributed by atoms with E-state index in [0.29, 0.717) is 12.1 Å². The van der Waals surface area contributed by atoms with Gasteiger partial charge < -0.3 is 21.3 Å². The molecule has 4 N–H and O–H groups in total. The Hall–Kier alpha value is -1.79. The summed E-state index contributed by atoms with van der Waals surface area (Å²) in [6.07, 6.45) is 6.05. The molecule has 7 heteroatoms. The summed E-state index contributed by atoms with van der Waals surface area (Å²) in [5.74, 6) is -0.182. The second kappa shape index (κ2) is 10.9. The molecule has 1 saturated heterocycles. The van der Waals surface area contributed by atoms with Crippen LogP contribution in [0.5, 0.6) is 0 Å². The number of rotatable bonds is 5. The minimum Gasteiger partial charge on any atom is -0.325 e.